The van der Waals surface area contributed by atoms with E-state index in [-0.39, 0.29) is 5.91 Å². The molecule has 3 fully saturated rings. The number of benzene rings is 1. The molecule has 8 nitrogen and oxygen atoms in total. The maximum absolute atomic E-state index is 13.1. The van der Waals surface area contributed by atoms with E-state index in [4.69, 9.17) is 16.3 Å². The molecule has 36 heavy (non-hydrogen) atoms. The minimum atomic E-state index is -0.163. The molecule has 1 aromatic carbocycles. The van der Waals surface area contributed by atoms with Gasteiger partial charge in [-0.25, -0.2) is 9.97 Å². The van der Waals surface area contributed by atoms with Crippen molar-refractivity contribution in [3.63, 3.8) is 0 Å². The van der Waals surface area contributed by atoms with Crippen LogP contribution in [0.3, 0.4) is 0 Å². The maximum atomic E-state index is 13.1. The van der Waals surface area contributed by atoms with Crippen LogP contribution < -0.4 is 15.5 Å². The Morgan fingerprint density at radius 2 is 2.06 bits per heavy atom. The number of piperidine rings is 1. The highest BCUT2D eigenvalue weighted by atomic mass is 35.5. The summed E-state index contributed by atoms with van der Waals surface area (Å²) in [6.45, 7) is 5.44. The summed E-state index contributed by atoms with van der Waals surface area (Å²) in [5.41, 5.74) is 1.54. The van der Waals surface area contributed by atoms with Crippen LogP contribution in [0.1, 0.15) is 42.5 Å². The van der Waals surface area contributed by atoms with Crippen LogP contribution in [0.2, 0.25) is 5.02 Å². The Balaban J connectivity index is 1.24. The number of rotatable bonds is 7. The number of hydrogen-bond donors (Lipinski definition) is 2. The number of ether oxygens (including phenoxy) is 1. The number of hydrogen-bond acceptors (Lipinski definition) is 8. The molecule has 2 N–H and O–H groups in total. The third kappa shape index (κ3) is 5.44. The average Bonchev–Trinajstić information content (AvgIpc) is 3.53. The lowest BCUT2D eigenvalue weighted by Gasteiger charge is -2.38. The van der Waals surface area contributed by atoms with Crippen LogP contribution in [0.4, 0.5) is 11.5 Å². The van der Waals surface area contributed by atoms with E-state index in [9.17, 15) is 4.79 Å². The Labute approximate surface area is 222 Å². The number of aromatic nitrogens is 2. The maximum Gasteiger partial charge on any atom is 0.255 e. The second kappa shape index (κ2) is 11.1. The van der Waals surface area contributed by atoms with E-state index in [0.29, 0.717) is 34.3 Å². The summed E-state index contributed by atoms with van der Waals surface area (Å²) in [7, 11) is 3.90. The Bertz CT molecular complexity index is 1070. The van der Waals surface area contributed by atoms with Crippen molar-refractivity contribution in [2.24, 2.45) is 5.41 Å². The van der Waals surface area contributed by atoms with Gasteiger partial charge < -0.3 is 25.2 Å². The first-order valence-electron chi connectivity index (χ1n) is 12.8. The highest BCUT2D eigenvalue weighted by Gasteiger charge is 2.38. The van der Waals surface area contributed by atoms with Gasteiger partial charge >= 0.3 is 0 Å². The zero-order valence-electron chi connectivity index (χ0n) is 21.1. The van der Waals surface area contributed by atoms with Crippen LogP contribution in [-0.4, -0.2) is 80.3 Å². The van der Waals surface area contributed by atoms with Crippen molar-refractivity contribution < 1.29 is 9.53 Å². The van der Waals surface area contributed by atoms with Gasteiger partial charge in [0.2, 0.25) is 0 Å². The highest BCUT2D eigenvalue weighted by Crippen LogP contribution is 2.40. The van der Waals surface area contributed by atoms with E-state index in [2.05, 4.69) is 37.4 Å². The lowest BCUT2D eigenvalue weighted by Crippen LogP contribution is -2.40. The van der Waals surface area contributed by atoms with Crippen LogP contribution in [-0.2, 0) is 4.74 Å². The van der Waals surface area contributed by atoms with Gasteiger partial charge in [0, 0.05) is 49.9 Å². The summed E-state index contributed by atoms with van der Waals surface area (Å²) in [6.07, 6.45) is 9.35. The molecule has 10 heteroatoms. The van der Waals surface area contributed by atoms with Crippen molar-refractivity contribution >= 4 is 40.8 Å². The molecule has 1 unspecified atom stereocenters. The van der Waals surface area contributed by atoms with Gasteiger partial charge in [-0.2, -0.15) is 0 Å². The molecule has 1 aromatic heterocycles. The fraction of sp³-hybridized carbons (Fsp3) is 0.577. The molecule has 0 radical (unpaired) electrons. The zero-order valence-corrected chi connectivity index (χ0v) is 22.6. The van der Waals surface area contributed by atoms with E-state index in [1.54, 1.807) is 13.2 Å². The molecule has 1 atom stereocenters. The van der Waals surface area contributed by atoms with E-state index >= 15 is 0 Å². The molecule has 1 amide bonds. The van der Waals surface area contributed by atoms with Gasteiger partial charge in [-0.1, -0.05) is 23.4 Å². The molecule has 0 aliphatic carbocycles. The fourth-order valence-corrected chi connectivity index (χ4v) is 6.62. The van der Waals surface area contributed by atoms with Gasteiger partial charge in [-0.05, 0) is 63.2 Å². The largest absolute Gasteiger partial charge is 0.387 e. The molecular weight excluding hydrogens is 496 g/mol. The summed E-state index contributed by atoms with van der Waals surface area (Å²) >= 11 is 8.20. The molecule has 2 aromatic rings. The number of likely N-dealkylation sites (tertiary alicyclic amines) is 1. The molecule has 3 saturated heterocycles. The lowest BCUT2D eigenvalue weighted by atomic mass is 9.78. The Morgan fingerprint density at radius 1 is 1.22 bits per heavy atom. The van der Waals surface area contributed by atoms with Gasteiger partial charge in [-0.3, -0.25) is 4.79 Å². The molecule has 0 saturated carbocycles. The van der Waals surface area contributed by atoms with Crippen molar-refractivity contribution in [1.29, 1.82) is 0 Å². The summed E-state index contributed by atoms with van der Waals surface area (Å²) in [6, 6.07) is 4.18. The second-order valence-electron chi connectivity index (χ2n) is 10.1. The van der Waals surface area contributed by atoms with Gasteiger partial charge in [0.25, 0.3) is 5.91 Å². The molecule has 0 bridgehead atoms. The van der Waals surface area contributed by atoms with E-state index in [0.717, 1.165) is 67.8 Å². The number of anilines is 2. The quantitative estimate of drug-likeness (QED) is 0.552. The van der Waals surface area contributed by atoms with E-state index in [1.165, 1.54) is 24.6 Å². The molecule has 4 heterocycles. The molecule has 3 aliphatic rings. The molecule has 3 aliphatic heterocycles. The first kappa shape index (κ1) is 25.6. The number of halogens is 1. The Morgan fingerprint density at radius 3 is 2.69 bits per heavy atom. The minimum Gasteiger partial charge on any atom is -0.387 e. The van der Waals surface area contributed by atoms with Gasteiger partial charge in [-0.15, -0.1) is 0 Å². The van der Waals surface area contributed by atoms with Crippen molar-refractivity contribution in [1.82, 2.24) is 20.2 Å². The average molecular weight is 531 g/mol. The number of nitrogens with one attached hydrogen (secondary N) is 2. The minimum absolute atomic E-state index is 0.163. The SMILES string of the molecule is CNc1ccc(Sc2cnc(N3CCC4(CCOC4)CC3)cn2)c(Cl)c1C(=O)NCC1CCCN1C. The van der Waals surface area contributed by atoms with Crippen LogP contribution in [0.25, 0.3) is 0 Å². The highest BCUT2D eigenvalue weighted by molar-refractivity contribution is 7.99. The van der Waals surface area contributed by atoms with E-state index in [1.807, 2.05) is 18.3 Å². The van der Waals surface area contributed by atoms with Crippen molar-refractivity contribution in [2.75, 3.05) is 63.7 Å². The number of carbonyl (C=O) groups excluding carboxylic acids is 1. The van der Waals surface area contributed by atoms with Crippen LogP contribution in [0.15, 0.2) is 34.4 Å². The molecule has 1 spiro atoms. The lowest BCUT2D eigenvalue weighted by molar-refractivity contribution is 0.0944. The molecule has 194 valence electrons. The van der Waals surface area contributed by atoms with Crippen molar-refractivity contribution in [2.45, 2.75) is 48.1 Å². The topological polar surface area (TPSA) is 82.6 Å². The number of nitrogens with zero attached hydrogens (tertiary/aromatic N) is 4. The summed E-state index contributed by atoms with van der Waals surface area (Å²) in [4.78, 5) is 27.8. The third-order valence-corrected chi connectivity index (χ3v) is 9.42. The zero-order chi connectivity index (χ0) is 25.1. The van der Waals surface area contributed by atoms with Crippen LogP contribution in [0, 0.1) is 5.41 Å². The normalized spacial score (nSPS) is 21.8. The molecular formula is C26H35ClN6O2S. The van der Waals surface area contributed by atoms with Crippen LogP contribution >= 0.6 is 23.4 Å². The number of amides is 1. The number of likely N-dealkylation sites (N-methyl/N-ethyl adjacent to an activating group) is 1. The predicted octanol–water partition coefficient (Wildman–Crippen LogP) is 4.15. The molecule has 5 rings (SSSR count). The van der Waals surface area contributed by atoms with E-state index < -0.39 is 0 Å². The predicted molar refractivity (Wildman–Crippen MR) is 144 cm³/mol. The van der Waals surface area contributed by atoms with Gasteiger partial charge in [0.05, 0.1) is 29.6 Å². The Hall–Kier alpha value is -2.07. The van der Waals surface area contributed by atoms with Crippen molar-refractivity contribution in [3.8, 4) is 0 Å². The summed E-state index contributed by atoms with van der Waals surface area (Å²) in [5.74, 6) is 0.741. The summed E-state index contributed by atoms with van der Waals surface area (Å²) in [5, 5.41) is 7.36. The first-order chi connectivity index (χ1) is 17.5. The Kier molecular flexibility index (Phi) is 7.90. The van der Waals surface area contributed by atoms with Crippen molar-refractivity contribution in [3.05, 3.63) is 35.1 Å². The first-order valence-corrected chi connectivity index (χ1v) is 14.0. The third-order valence-electron chi connectivity index (χ3n) is 7.93. The fourth-order valence-electron chi connectivity index (χ4n) is 5.49. The van der Waals surface area contributed by atoms with Gasteiger partial charge in [0.1, 0.15) is 10.8 Å². The monoisotopic (exact) mass is 530 g/mol. The summed E-state index contributed by atoms with van der Waals surface area (Å²) < 4.78 is 5.65. The van der Waals surface area contributed by atoms with Crippen LogP contribution in [0.5, 0.6) is 0 Å². The smallest absolute Gasteiger partial charge is 0.255 e. The number of carbonyl (C=O) groups is 1. The second-order valence-corrected chi connectivity index (χ2v) is 11.6. The standard InChI is InChI=1S/C26H35ClN6O2S/c1-28-19-5-6-20(24(27)23(19)25(34)31-14-18-4-3-10-32(18)2)36-22-16-29-21(15-30-22)33-11-7-26(8-12-33)9-13-35-17-26/h5-6,15-16,18,28H,3-4,7-14,17H2,1-2H3,(H,31,34). The van der Waals surface area contributed by atoms with Gasteiger partial charge in [0.15, 0.2) is 0 Å².